The molecule has 0 saturated heterocycles. The van der Waals surface area contributed by atoms with Crippen LogP contribution >= 0.6 is 23.4 Å². The Morgan fingerprint density at radius 1 is 0.743 bits per heavy atom. The van der Waals surface area contributed by atoms with Crippen molar-refractivity contribution in [2.24, 2.45) is 57.2 Å². The molecule has 17 heteroatoms. The van der Waals surface area contributed by atoms with E-state index in [0.717, 1.165) is 11.6 Å². The number of rotatable bonds is 10. The zero-order valence-corrected chi connectivity index (χ0v) is 43.1. The summed E-state index contributed by atoms with van der Waals surface area (Å²) in [7, 11) is 0. The van der Waals surface area contributed by atoms with Gasteiger partial charge in [0, 0.05) is 58.7 Å². The first kappa shape index (κ1) is 54.2. The minimum absolute atomic E-state index is 0.0141. The molecular weight excluding hydrogens is 953 g/mol. The van der Waals surface area contributed by atoms with Crippen LogP contribution in [0.5, 0.6) is 0 Å². The molecule has 0 aromatic rings. The maximum atomic E-state index is 17.2. The monoisotopic (exact) mass is 1020 g/mol. The number of Topliss-reactive ketones (excluding diaryl/α,β-unsaturated/α-hetero) is 1. The lowest BCUT2D eigenvalue weighted by Gasteiger charge is -2.64. The number of hydrogen-bond acceptors (Lipinski definition) is 13. The summed E-state index contributed by atoms with van der Waals surface area (Å²) in [6, 6.07) is -1.02. The van der Waals surface area contributed by atoms with Crippen LogP contribution < -0.4 is 0 Å². The van der Waals surface area contributed by atoms with Crippen LogP contribution in [0, 0.1) is 57.2 Å². The van der Waals surface area contributed by atoms with Gasteiger partial charge in [-0.05, 0) is 111 Å². The highest BCUT2D eigenvalue weighted by atomic mass is 35.5. The van der Waals surface area contributed by atoms with Crippen LogP contribution in [0.4, 0.5) is 13.2 Å². The van der Waals surface area contributed by atoms with E-state index >= 15 is 8.78 Å². The van der Waals surface area contributed by atoms with Gasteiger partial charge in [-0.25, -0.2) is 13.2 Å². The molecule has 0 spiro atoms. The van der Waals surface area contributed by atoms with Gasteiger partial charge in [0.25, 0.3) is 0 Å². The van der Waals surface area contributed by atoms with Gasteiger partial charge in [-0.15, -0.1) is 11.6 Å². The molecule has 0 aromatic carbocycles. The van der Waals surface area contributed by atoms with E-state index in [2.05, 4.69) is 0 Å². The molecule has 0 aliphatic heterocycles. The summed E-state index contributed by atoms with van der Waals surface area (Å²) < 4.78 is 63.1. The molecule has 70 heavy (non-hydrogen) atoms. The molecule has 6 saturated carbocycles. The lowest BCUT2D eigenvalue weighted by atomic mass is 9.44. The molecule has 2 N–H and O–H groups in total. The topological polar surface area (TPSA) is 188 Å². The summed E-state index contributed by atoms with van der Waals surface area (Å²) in [5, 5.41) is 22.5. The first-order valence-corrected chi connectivity index (χ1v) is 26.1. The van der Waals surface area contributed by atoms with Crippen molar-refractivity contribution in [2.75, 3.05) is 12.6 Å². The van der Waals surface area contributed by atoms with Gasteiger partial charge in [-0.3, -0.25) is 33.6 Å². The number of ether oxygens (including phenoxy) is 3. The minimum Gasteiger partial charge on any atom is -0.457 e. The Bertz CT molecular complexity index is 2360. The summed E-state index contributed by atoms with van der Waals surface area (Å²) in [6.45, 7) is 15.1. The predicted octanol–water partition coefficient (Wildman–Crippen LogP) is 8.52. The zero-order chi connectivity index (χ0) is 51.9. The maximum Gasteiger partial charge on any atom is 0.306 e. The second kappa shape index (κ2) is 18.7. The standard InChI is InChI=1S/C28H37ClO7.C25H31F3O5S/c1-6-23(33)35-15-22(32)28(36-24(34)7-2)16(3)12-20-19-9-8-17-13-18(30)10-11-25(17,4)27(19,29)21(31)14-26(20,28)5;1-5-20(31)33-25(21(32)34-12-26)13(2)8-15-16-10-18(27)17-9-14(29)6-7-22(17,3)24(16,28)19(30)11-23(15,25)4/h10-11,13,16,19-21,31H,6-9,12,14-15H2,1-5H3;6-7,9,13,15-16,18-19,30H,5,8,10-12H2,1-4H3/t16-,19-,20-,21-,25-,26-,27-,28-;13-,15+,16?,18+,19+,22+,23+,24+,25+/m01/s1. The minimum atomic E-state index is -2.30. The first-order valence-electron chi connectivity index (χ1n) is 24.8. The van der Waals surface area contributed by atoms with Crippen molar-refractivity contribution in [3.05, 3.63) is 47.6 Å². The average molecular weight is 1020 g/mol. The number of allylic oxidation sites excluding steroid dienone is 8. The molecule has 0 amide bonds. The van der Waals surface area contributed by atoms with Crippen LogP contribution in [-0.4, -0.2) is 103 Å². The number of aliphatic hydroxyl groups excluding tert-OH is 2. The Balaban J connectivity index is 0.000000207. The lowest BCUT2D eigenvalue weighted by molar-refractivity contribution is -0.228. The molecule has 0 radical (unpaired) electrons. The number of carbonyl (C=O) groups is 7. The molecule has 6 fully saturated rings. The molecule has 12 nitrogen and oxygen atoms in total. The summed E-state index contributed by atoms with van der Waals surface area (Å²) in [5.74, 6) is -5.53. The van der Waals surface area contributed by atoms with E-state index in [4.69, 9.17) is 25.8 Å². The molecule has 0 aromatic heterocycles. The van der Waals surface area contributed by atoms with E-state index in [1.54, 1.807) is 40.7 Å². The lowest BCUT2D eigenvalue weighted by Crippen LogP contribution is -2.70. The summed E-state index contributed by atoms with van der Waals surface area (Å²) in [4.78, 5) is 87.2. The van der Waals surface area contributed by atoms with E-state index in [-0.39, 0.29) is 74.1 Å². The quantitative estimate of drug-likeness (QED) is 0.121. The smallest absolute Gasteiger partial charge is 0.306 e. The van der Waals surface area contributed by atoms with Crippen molar-refractivity contribution in [3.63, 3.8) is 0 Å². The third-order valence-electron chi connectivity index (χ3n) is 19.0. The molecule has 8 aliphatic rings. The first-order chi connectivity index (χ1) is 32.6. The molecule has 8 rings (SSSR count). The van der Waals surface area contributed by atoms with Gasteiger partial charge in [0.1, 0.15) is 12.2 Å². The van der Waals surface area contributed by atoms with E-state index in [9.17, 15) is 48.2 Å². The third-order valence-corrected chi connectivity index (χ3v) is 20.6. The SMILES string of the molecule is CCC(=O)OCC(=O)[C@@]1(OC(=O)CC)[C@@H](C)C[C@H]2[C@@H]3CCC4=CC(=O)C=C[C@]4(C)[C@@]3(Cl)[C@@H](O)C[C@@]21C.CCC(=O)O[C@]1(C(=O)SCF)[C@H](C)C[C@H]2C3C[C@H](F)C4=CC(=O)C=C[C@]4(C)[C@@]3(F)[C@@H](O)C[C@@]21C. The number of esters is 3. The number of ketones is 3. The van der Waals surface area contributed by atoms with Crippen LogP contribution in [0.1, 0.15) is 127 Å². The molecular formula is C53H68ClF3O12S. The Labute approximate surface area is 417 Å². The van der Waals surface area contributed by atoms with Crippen molar-refractivity contribution >= 4 is 63.7 Å². The van der Waals surface area contributed by atoms with Crippen LogP contribution in [0.15, 0.2) is 47.6 Å². The van der Waals surface area contributed by atoms with Gasteiger partial charge in [-0.1, -0.05) is 73.1 Å². The fraction of sp³-hybridized carbons (Fsp3) is 0.717. The van der Waals surface area contributed by atoms with E-state index in [1.165, 1.54) is 25.2 Å². The Morgan fingerprint density at radius 2 is 1.26 bits per heavy atom. The number of carbonyl (C=O) groups excluding carboxylic acids is 7. The summed E-state index contributed by atoms with van der Waals surface area (Å²) in [6.07, 6.45) is 6.34. The van der Waals surface area contributed by atoms with Crippen molar-refractivity contribution in [3.8, 4) is 0 Å². The van der Waals surface area contributed by atoms with Crippen LogP contribution in [0.25, 0.3) is 0 Å². The fourth-order valence-corrected chi connectivity index (χ4v) is 16.9. The van der Waals surface area contributed by atoms with E-state index in [1.807, 2.05) is 26.8 Å². The third kappa shape index (κ3) is 7.37. The van der Waals surface area contributed by atoms with Crippen molar-refractivity contribution in [1.29, 1.82) is 0 Å². The number of alkyl halides is 4. The van der Waals surface area contributed by atoms with Crippen molar-refractivity contribution in [1.82, 2.24) is 0 Å². The average Bonchev–Trinajstić information content (AvgIpc) is 3.66. The largest absolute Gasteiger partial charge is 0.457 e. The Hall–Kier alpha value is -3.60. The normalized spacial score (nSPS) is 45.2. The van der Waals surface area contributed by atoms with Crippen LogP contribution in [0.2, 0.25) is 0 Å². The number of hydrogen-bond donors (Lipinski definition) is 2. The molecule has 0 bridgehead atoms. The van der Waals surface area contributed by atoms with Crippen molar-refractivity contribution < 1.29 is 71.2 Å². The highest BCUT2D eigenvalue weighted by molar-refractivity contribution is 8.13. The van der Waals surface area contributed by atoms with E-state index < -0.39 is 127 Å². The Kier molecular flexibility index (Phi) is 14.5. The van der Waals surface area contributed by atoms with Crippen LogP contribution in [0.3, 0.4) is 0 Å². The van der Waals surface area contributed by atoms with Gasteiger partial charge in [-0.2, -0.15) is 0 Å². The number of fused-ring (bicyclic) bond motifs is 10. The second-order valence-electron chi connectivity index (χ2n) is 22.0. The molecule has 8 aliphatic carbocycles. The number of thioether (sulfide) groups is 1. The van der Waals surface area contributed by atoms with Gasteiger partial charge in [0.05, 0.1) is 17.1 Å². The fourth-order valence-electron chi connectivity index (χ4n) is 15.6. The number of aliphatic hydroxyl groups is 2. The van der Waals surface area contributed by atoms with E-state index in [0.29, 0.717) is 31.0 Å². The van der Waals surface area contributed by atoms with Crippen LogP contribution in [-0.2, 0) is 47.8 Å². The maximum absolute atomic E-state index is 17.2. The second-order valence-corrected chi connectivity index (χ2v) is 23.5. The van der Waals surface area contributed by atoms with Gasteiger partial charge < -0.3 is 24.4 Å². The van der Waals surface area contributed by atoms with Gasteiger partial charge >= 0.3 is 17.9 Å². The molecule has 17 atom stereocenters. The highest BCUT2D eigenvalue weighted by Crippen LogP contribution is 2.74. The summed E-state index contributed by atoms with van der Waals surface area (Å²) in [5.41, 5.74) is -9.11. The van der Waals surface area contributed by atoms with Gasteiger partial charge in [0.2, 0.25) is 10.9 Å². The Morgan fingerprint density at radius 3 is 1.84 bits per heavy atom. The van der Waals surface area contributed by atoms with Gasteiger partial charge in [0.15, 0.2) is 35.0 Å². The molecule has 1 unspecified atom stereocenters. The zero-order valence-electron chi connectivity index (χ0n) is 41.5. The predicted molar refractivity (Wildman–Crippen MR) is 254 cm³/mol. The molecule has 386 valence electrons. The summed E-state index contributed by atoms with van der Waals surface area (Å²) >= 11 is 7.87. The van der Waals surface area contributed by atoms with Crippen molar-refractivity contribution in [2.45, 2.75) is 167 Å². The number of halogens is 4. The molecule has 0 heterocycles. The highest BCUT2D eigenvalue weighted by Gasteiger charge is 2.79.